The molecule has 1 atom stereocenters. The van der Waals surface area contributed by atoms with E-state index in [-0.39, 0.29) is 5.78 Å². The smallest absolute Gasteiger partial charge is 0.158 e. The Bertz CT molecular complexity index is 534. The molecule has 0 amide bonds. The first-order valence-electron chi connectivity index (χ1n) is 6.06. The molecule has 0 aliphatic rings. The van der Waals surface area contributed by atoms with Gasteiger partial charge in [0.2, 0.25) is 0 Å². The van der Waals surface area contributed by atoms with Gasteiger partial charge in [0.1, 0.15) is 0 Å². The van der Waals surface area contributed by atoms with Crippen LogP contribution < -0.4 is 5.73 Å². The Morgan fingerprint density at radius 1 is 1.06 bits per heavy atom. The van der Waals surface area contributed by atoms with E-state index in [9.17, 15) is 4.79 Å². The van der Waals surface area contributed by atoms with E-state index in [2.05, 4.69) is 0 Å². The Morgan fingerprint density at radius 2 is 1.67 bits per heavy atom. The van der Waals surface area contributed by atoms with E-state index in [0.717, 1.165) is 16.7 Å². The lowest BCUT2D eigenvalue weighted by Crippen LogP contribution is -2.23. The minimum absolute atomic E-state index is 0.0514. The van der Waals surface area contributed by atoms with Crippen molar-refractivity contribution < 1.29 is 4.79 Å². The molecule has 2 N–H and O–H groups in total. The third-order valence-corrected chi connectivity index (χ3v) is 3.13. The fraction of sp³-hybridized carbons (Fsp3) is 0.188. The Balaban J connectivity index is 2.12. The number of nitrogens with two attached hydrogens (primary N) is 1. The van der Waals surface area contributed by atoms with Crippen LogP contribution in [0.2, 0.25) is 0 Å². The molecule has 18 heavy (non-hydrogen) atoms. The van der Waals surface area contributed by atoms with Crippen molar-refractivity contribution in [1.82, 2.24) is 0 Å². The molecule has 0 bridgehead atoms. The van der Waals surface area contributed by atoms with Gasteiger partial charge >= 0.3 is 0 Å². The molecule has 2 heteroatoms. The summed E-state index contributed by atoms with van der Waals surface area (Å²) < 4.78 is 0. The predicted molar refractivity (Wildman–Crippen MR) is 73.3 cm³/mol. The minimum Gasteiger partial charge on any atom is -0.318 e. The number of carbonyl (C=O) groups excluding carboxylic acids is 1. The highest BCUT2D eigenvalue weighted by atomic mass is 16.1. The van der Waals surface area contributed by atoms with Crippen molar-refractivity contribution in [2.75, 3.05) is 0 Å². The molecule has 0 saturated carbocycles. The lowest BCUT2D eigenvalue weighted by atomic mass is 9.96. The van der Waals surface area contributed by atoms with E-state index >= 15 is 0 Å². The first kappa shape index (κ1) is 12.5. The number of Topliss-reactive ketones (excluding diaryl/α,β-unsaturated/α-hetero) is 1. The van der Waals surface area contributed by atoms with Gasteiger partial charge < -0.3 is 5.73 Å². The van der Waals surface area contributed by atoms with Crippen LogP contribution >= 0.6 is 0 Å². The summed E-state index contributed by atoms with van der Waals surface area (Å²) in [6, 6.07) is 16.9. The zero-order valence-electron chi connectivity index (χ0n) is 10.5. The van der Waals surface area contributed by atoms with E-state index in [1.807, 2.05) is 61.5 Å². The largest absolute Gasteiger partial charge is 0.318 e. The lowest BCUT2D eigenvalue weighted by Gasteiger charge is -2.12. The van der Waals surface area contributed by atoms with E-state index in [1.165, 1.54) is 0 Å². The van der Waals surface area contributed by atoms with E-state index < -0.39 is 6.04 Å². The molecular formula is C16H17NO. The molecule has 0 fully saturated rings. The number of aryl methyl sites for hydroxylation is 1. The van der Waals surface area contributed by atoms with Crippen LogP contribution in [0.15, 0.2) is 54.6 Å². The predicted octanol–water partition coefficient (Wildman–Crippen LogP) is 2.81. The molecule has 0 radical (unpaired) electrons. The Kier molecular flexibility index (Phi) is 3.90. The molecule has 2 nitrogen and oxygen atoms in total. The summed E-state index contributed by atoms with van der Waals surface area (Å²) in [6.07, 6.45) is 0.392. The monoisotopic (exact) mass is 239 g/mol. The normalized spacial score (nSPS) is 12.1. The third-order valence-electron chi connectivity index (χ3n) is 3.13. The Morgan fingerprint density at radius 3 is 2.33 bits per heavy atom. The van der Waals surface area contributed by atoms with Crippen molar-refractivity contribution in [3.05, 3.63) is 71.3 Å². The maximum atomic E-state index is 12.1. The highest BCUT2D eigenvalue weighted by Gasteiger charge is 2.16. The molecule has 0 heterocycles. The van der Waals surface area contributed by atoms with Gasteiger partial charge in [0.25, 0.3) is 0 Å². The number of benzene rings is 2. The standard InChI is InChI=1S/C16H17NO/c1-12-7-5-6-10-14(12)11-15(18)16(17)13-8-3-2-4-9-13/h2-10,16H,11,17H2,1H3/t16-/m1/s1. The van der Waals surface area contributed by atoms with Gasteiger partial charge in [-0.05, 0) is 23.6 Å². The maximum Gasteiger partial charge on any atom is 0.158 e. The molecular weight excluding hydrogens is 222 g/mol. The topological polar surface area (TPSA) is 43.1 Å². The SMILES string of the molecule is Cc1ccccc1CC(=O)[C@H](N)c1ccccc1. The highest BCUT2D eigenvalue weighted by molar-refractivity contribution is 5.87. The van der Waals surface area contributed by atoms with E-state index in [0.29, 0.717) is 6.42 Å². The second-order valence-corrected chi connectivity index (χ2v) is 4.46. The molecule has 0 saturated heterocycles. The number of hydrogen-bond acceptors (Lipinski definition) is 2. The van der Waals surface area contributed by atoms with Gasteiger partial charge in [0.15, 0.2) is 5.78 Å². The number of hydrogen-bond donors (Lipinski definition) is 1. The molecule has 2 aromatic rings. The first-order valence-corrected chi connectivity index (χ1v) is 6.06. The summed E-state index contributed by atoms with van der Waals surface area (Å²) in [5.41, 5.74) is 9.04. The molecule has 0 unspecified atom stereocenters. The summed E-state index contributed by atoms with van der Waals surface area (Å²) in [5.74, 6) is 0.0514. The highest BCUT2D eigenvalue weighted by Crippen LogP contribution is 2.15. The summed E-state index contributed by atoms with van der Waals surface area (Å²) in [7, 11) is 0. The fourth-order valence-electron chi connectivity index (χ4n) is 1.95. The Labute approximate surface area is 107 Å². The summed E-state index contributed by atoms with van der Waals surface area (Å²) in [4.78, 5) is 12.1. The van der Waals surface area contributed by atoms with Gasteiger partial charge in [0, 0.05) is 6.42 Å². The van der Waals surface area contributed by atoms with E-state index in [4.69, 9.17) is 5.73 Å². The molecule has 2 rings (SSSR count). The summed E-state index contributed by atoms with van der Waals surface area (Å²) in [5, 5.41) is 0. The molecule has 92 valence electrons. The minimum atomic E-state index is -0.536. The zero-order valence-corrected chi connectivity index (χ0v) is 10.5. The van der Waals surface area contributed by atoms with Crippen molar-refractivity contribution in [3.63, 3.8) is 0 Å². The quantitative estimate of drug-likeness (QED) is 0.891. The van der Waals surface area contributed by atoms with Crippen LogP contribution in [0, 0.1) is 6.92 Å². The van der Waals surface area contributed by atoms with Crippen LogP contribution in [0.4, 0.5) is 0 Å². The van der Waals surface area contributed by atoms with Gasteiger partial charge in [-0.15, -0.1) is 0 Å². The van der Waals surface area contributed by atoms with Gasteiger partial charge in [0.05, 0.1) is 6.04 Å². The van der Waals surface area contributed by atoms with Gasteiger partial charge in [-0.3, -0.25) is 4.79 Å². The second kappa shape index (κ2) is 5.61. The number of carbonyl (C=O) groups is 1. The van der Waals surface area contributed by atoms with Crippen LogP contribution in [0.5, 0.6) is 0 Å². The van der Waals surface area contributed by atoms with Crippen molar-refractivity contribution in [1.29, 1.82) is 0 Å². The van der Waals surface area contributed by atoms with Crippen LogP contribution in [-0.2, 0) is 11.2 Å². The van der Waals surface area contributed by atoms with Crippen LogP contribution in [0.25, 0.3) is 0 Å². The molecule has 0 aromatic heterocycles. The summed E-state index contributed by atoms with van der Waals surface area (Å²) in [6.45, 7) is 2.01. The van der Waals surface area contributed by atoms with E-state index in [1.54, 1.807) is 0 Å². The number of rotatable bonds is 4. The average molecular weight is 239 g/mol. The van der Waals surface area contributed by atoms with Gasteiger partial charge in [-0.1, -0.05) is 54.6 Å². The van der Waals surface area contributed by atoms with Crippen molar-refractivity contribution in [2.24, 2.45) is 5.73 Å². The van der Waals surface area contributed by atoms with Crippen LogP contribution in [0.1, 0.15) is 22.7 Å². The first-order chi connectivity index (χ1) is 8.68. The molecule has 2 aromatic carbocycles. The van der Waals surface area contributed by atoms with Crippen molar-refractivity contribution in [2.45, 2.75) is 19.4 Å². The van der Waals surface area contributed by atoms with Crippen molar-refractivity contribution >= 4 is 5.78 Å². The molecule has 0 aliphatic heterocycles. The van der Waals surface area contributed by atoms with Crippen molar-refractivity contribution in [3.8, 4) is 0 Å². The zero-order chi connectivity index (χ0) is 13.0. The fourth-order valence-corrected chi connectivity index (χ4v) is 1.95. The lowest BCUT2D eigenvalue weighted by molar-refractivity contribution is -0.119. The molecule has 0 spiro atoms. The molecule has 0 aliphatic carbocycles. The van der Waals surface area contributed by atoms with Crippen LogP contribution in [-0.4, -0.2) is 5.78 Å². The van der Waals surface area contributed by atoms with Gasteiger partial charge in [-0.2, -0.15) is 0 Å². The Hall–Kier alpha value is -1.93. The van der Waals surface area contributed by atoms with Crippen LogP contribution in [0.3, 0.4) is 0 Å². The van der Waals surface area contributed by atoms with Gasteiger partial charge in [-0.25, -0.2) is 0 Å². The maximum absolute atomic E-state index is 12.1. The second-order valence-electron chi connectivity index (χ2n) is 4.46. The summed E-state index contributed by atoms with van der Waals surface area (Å²) >= 11 is 0. The third kappa shape index (κ3) is 2.84. The average Bonchev–Trinajstić information content (AvgIpc) is 2.41. The number of ketones is 1.